The maximum atomic E-state index is 11.9. The molecule has 0 unspecified atom stereocenters. The highest BCUT2D eigenvalue weighted by Gasteiger charge is 2.21. The van der Waals surface area contributed by atoms with Crippen LogP contribution in [-0.4, -0.2) is 10.4 Å². The van der Waals surface area contributed by atoms with Crippen molar-refractivity contribution in [3.63, 3.8) is 0 Å². The quantitative estimate of drug-likeness (QED) is 0.778. The Balaban J connectivity index is 2.18. The van der Waals surface area contributed by atoms with Gasteiger partial charge in [0.2, 0.25) is 0 Å². The lowest BCUT2D eigenvalue weighted by Crippen LogP contribution is -2.12. The summed E-state index contributed by atoms with van der Waals surface area (Å²) in [7, 11) is 0. The summed E-state index contributed by atoms with van der Waals surface area (Å²) in [6.45, 7) is 2.08. The second kappa shape index (κ2) is 4.39. The number of halogens is 1. The number of ketones is 1. The summed E-state index contributed by atoms with van der Waals surface area (Å²) < 4.78 is 3.20. The van der Waals surface area contributed by atoms with Crippen LogP contribution >= 0.6 is 15.9 Å². The highest BCUT2D eigenvalue weighted by atomic mass is 79.9. The average molecular weight is 304 g/mol. The third-order valence-electron chi connectivity index (χ3n) is 3.47. The molecule has 0 amide bonds. The Morgan fingerprint density at radius 3 is 2.89 bits per heavy atom. The van der Waals surface area contributed by atoms with Crippen molar-refractivity contribution in [3.8, 4) is 5.69 Å². The number of nitrogens with zero attached hydrogens (tertiary/aromatic N) is 1. The predicted octanol–water partition coefficient (Wildman–Crippen LogP) is 4.07. The van der Waals surface area contributed by atoms with Crippen LogP contribution in [0.1, 0.15) is 34.5 Å². The summed E-state index contributed by atoms with van der Waals surface area (Å²) in [4.78, 5) is 11.9. The van der Waals surface area contributed by atoms with Gasteiger partial charge in [0.05, 0.1) is 5.69 Å². The first-order valence-electron chi connectivity index (χ1n) is 6.17. The van der Waals surface area contributed by atoms with E-state index in [1.165, 1.54) is 5.56 Å². The minimum absolute atomic E-state index is 0.277. The van der Waals surface area contributed by atoms with Gasteiger partial charge < -0.3 is 4.57 Å². The lowest BCUT2D eigenvalue weighted by molar-refractivity contribution is 0.0972. The van der Waals surface area contributed by atoms with Crippen molar-refractivity contribution in [1.82, 2.24) is 4.57 Å². The molecule has 0 saturated carbocycles. The van der Waals surface area contributed by atoms with Gasteiger partial charge in [-0.25, -0.2) is 0 Å². The number of hydrogen-bond donors (Lipinski definition) is 0. The van der Waals surface area contributed by atoms with Crippen molar-refractivity contribution in [2.75, 3.05) is 0 Å². The van der Waals surface area contributed by atoms with Gasteiger partial charge in [-0.3, -0.25) is 4.79 Å². The number of Topliss-reactive ketones (excluding diaryl/α,β-unsaturated/α-hetero) is 1. The van der Waals surface area contributed by atoms with E-state index in [9.17, 15) is 4.79 Å². The molecule has 1 aromatic carbocycles. The number of aryl methyl sites for hydroxylation is 1. The topological polar surface area (TPSA) is 22.0 Å². The van der Waals surface area contributed by atoms with Crippen molar-refractivity contribution in [1.29, 1.82) is 0 Å². The van der Waals surface area contributed by atoms with Gasteiger partial charge in [-0.15, -0.1) is 0 Å². The zero-order valence-electron chi connectivity index (χ0n) is 10.2. The number of carbonyl (C=O) groups is 1. The van der Waals surface area contributed by atoms with E-state index in [0.29, 0.717) is 6.42 Å². The summed E-state index contributed by atoms with van der Waals surface area (Å²) in [5.74, 6) is 0.277. The molecule has 1 aromatic heterocycles. The van der Waals surface area contributed by atoms with Gasteiger partial charge >= 0.3 is 0 Å². The van der Waals surface area contributed by atoms with E-state index in [1.807, 2.05) is 12.3 Å². The Bertz CT molecular complexity index is 627. The van der Waals surface area contributed by atoms with Crippen LogP contribution in [0, 0.1) is 6.92 Å². The molecule has 0 radical (unpaired) electrons. The fourth-order valence-electron chi connectivity index (χ4n) is 2.56. The average Bonchev–Trinajstić information content (AvgIpc) is 2.77. The first kappa shape index (κ1) is 11.7. The van der Waals surface area contributed by atoms with Gasteiger partial charge in [0.25, 0.3) is 0 Å². The molecule has 3 heteroatoms. The molecule has 1 heterocycles. The first-order chi connectivity index (χ1) is 8.66. The summed E-state index contributed by atoms with van der Waals surface area (Å²) in [6, 6.07) is 8.23. The standard InChI is InChI=1S/C15H14BrNO/c1-10-5-6-12(16)14(9-10)17-8-7-11-13(17)3-2-4-15(11)18/h5-9H,2-4H2,1H3. The molecule has 0 bridgehead atoms. The third-order valence-corrected chi connectivity index (χ3v) is 4.14. The molecule has 0 N–H and O–H groups in total. The van der Waals surface area contributed by atoms with E-state index >= 15 is 0 Å². The molecule has 1 aliphatic rings. The second-order valence-electron chi connectivity index (χ2n) is 4.78. The zero-order valence-corrected chi connectivity index (χ0v) is 11.8. The summed E-state index contributed by atoms with van der Waals surface area (Å²) in [5, 5.41) is 0. The Kier molecular flexibility index (Phi) is 2.86. The molecular weight excluding hydrogens is 290 g/mol. The number of hydrogen-bond acceptors (Lipinski definition) is 1. The molecule has 92 valence electrons. The van der Waals surface area contributed by atoms with Crippen LogP contribution in [0.3, 0.4) is 0 Å². The SMILES string of the molecule is Cc1ccc(Br)c(-n2ccc3c2CCCC3=O)c1. The van der Waals surface area contributed by atoms with E-state index in [1.54, 1.807) is 0 Å². The molecule has 2 aromatic rings. The van der Waals surface area contributed by atoms with Crippen molar-refractivity contribution >= 4 is 21.7 Å². The molecule has 3 rings (SSSR count). The predicted molar refractivity (Wildman–Crippen MR) is 75.5 cm³/mol. The number of carbonyl (C=O) groups excluding carboxylic acids is 1. The molecule has 1 aliphatic carbocycles. The Morgan fingerprint density at radius 1 is 1.22 bits per heavy atom. The molecule has 0 spiro atoms. The maximum absolute atomic E-state index is 11.9. The molecule has 0 fully saturated rings. The van der Waals surface area contributed by atoms with E-state index < -0.39 is 0 Å². The van der Waals surface area contributed by atoms with Gasteiger partial charge in [-0.05, 0) is 59.5 Å². The van der Waals surface area contributed by atoms with Crippen molar-refractivity contribution in [2.45, 2.75) is 26.2 Å². The van der Waals surface area contributed by atoms with E-state index in [-0.39, 0.29) is 5.78 Å². The summed E-state index contributed by atoms with van der Waals surface area (Å²) in [6.07, 6.45) is 4.63. The van der Waals surface area contributed by atoms with Gasteiger partial charge in [0, 0.05) is 28.3 Å². The van der Waals surface area contributed by atoms with Crippen LogP contribution in [0.25, 0.3) is 5.69 Å². The van der Waals surface area contributed by atoms with E-state index in [0.717, 1.165) is 34.3 Å². The second-order valence-corrected chi connectivity index (χ2v) is 5.63. The molecule has 18 heavy (non-hydrogen) atoms. The minimum Gasteiger partial charge on any atom is -0.319 e. The van der Waals surface area contributed by atoms with Crippen LogP contribution in [0.4, 0.5) is 0 Å². The fraction of sp³-hybridized carbons (Fsp3) is 0.267. The van der Waals surface area contributed by atoms with Crippen LogP contribution in [0.2, 0.25) is 0 Å². The van der Waals surface area contributed by atoms with Crippen LogP contribution in [-0.2, 0) is 6.42 Å². The minimum atomic E-state index is 0.277. The number of rotatable bonds is 1. The number of fused-ring (bicyclic) bond motifs is 1. The smallest absolute Gasteiger partial charge is 0.164 e. The van der Waals surface area contributed by atoms with Crippen molar-refractivity contribution < 1.29 is 4.79 Å². The highest BCUT2D eigenvalue weighted by molar-refractivity contribution is 9.10. The van der Waals surface area contributed by atoms with E-state index in [4.69, 9.17) is 0 Å². The molecule has 0 atom stereocenters. The summed E-state index contributed by atoms with van der Waals surface area (Å²) >= 11 is 3.59. The van der Waals surface area contributed by atoms with Gasteiger partial charge in [0.15, 0.2) is 5.78 Å². The number of aromatic nitrogens is 1. The summed E-state index contributed by atoms with van der Waals surface area (Å²) in [5.41, 5.74) is 4.39. The Morgan fingerprint density at radius 2 is 2.06 bits per heavy atom. The lowest BCUT2D eigenvalue weighted by Gasteiger charge is -2.16. The Labute approximate surface area is 115 Å². The third kappa shape index (κ3) is 1.83. The Hall–Kier alpha value is -1.35. The number of benzene rings is 1. The molecule has 0 saturated heterocycles. The first-order valence-corrected chi connectivity index (χ1v) is 6.96. The van der Waals surface area contributed by atoms with Crippen LogP contribution in [0.15, 0.2) is 34.9 Å². The fourth-order valence-corrected chi connectivity index (χ4v) is 3.00. The molecule has 0 aliphatic heterocycles. The lowest BCUT2D eigenvalue weighted by atomic mass is 9.96. The van der Waals surface area contributed by atoms with Crippen molar-refractivity contribution in [3.05, 3.63) is 51.8 Å². The largest absolute Gasteiger partial charge is 0.319 e. The molecular formula is C15H14BrNO. The van der Waals surface area contributed by atoms with Gasteiger partial charge in [-0.1, -0.05) is 6.07 Å². The highest BCUT2D eigenvalue weighted by Crippen LogP contribution is 2.29. The van der Waals surface area contributed by atoms with Crippen molar-refractivity contribution in [2.24, 2.45) is 0 Å². The zero-order chi connectivity index (χ0) is 12.7. The normalized spacial score (nSPS) is 14.7. The maximum Gasteiger partial charge on any atom is 0.164 e. The van der Waals surface area contributed by atoms with Gasteiger partial charge in [-0.2, -0.15) is 0 Å². The van der Waals surface area contributed by atoms with Crippen LogP contribution in [0.5, 0.6) is 0 Å². The monoisotopic (exact) mass is 303 g/mol. The molecule has 2 nitrogen and oxygen atoms in total. The van der Waals surface area contributed by atoms with E-state index in [2.05, 4.69) is 45.6 Å². The van der Waals surface area contributed by atoms with Crippen LogP contribution < -0.4 is 0 Å². The van der Waals surface area contributed by atoms with Gasteiger partial charge in [0.1, 0.15) is 0 Å².